The molecule has 212 valence electrons. The van der Waals surface area contributed by atoms with Gasteiger partial charge in [-0.15, -0.1) is 0 Å². The number of aliphatic carboxylic acids is 1. The molecule has 0 spiro atoms. The number of carboxylic acid groups (broad SMARTS) is 1. The van der Waals surface area contributed by atoms with Crippen LogP contribution in [-0.4, -0.2) is 90.7 Å². The summed E-state index contributed by atoms with van der Waals surface area (Å²) >= 11 is 0. The van der Waals surface area contributed by atoms with Crippen molar-refractivity contribution >= 4 is 41.4 Å². The van der Waals surface area contributed by atoms with E-state index in [1.54, 1.807) is 30.8 Å². The van der Waals surface area contributed by atoms with Crippen molar-refractivity contribution in [2.24, 2.45) is 0 Å². The first-order chi connectivity index (χ1) is 18.4. The molecule has 0 bridgehead atoms. The summed E-state index contributed by atoms with van der Waals surface area (Å²) in [6, 6.07) is 10.4. The van der Waals surface area contributed by atoms with E-state index in [9.17, 15) is 28.6 Å². The Morgan fingerprint density at radius 2 is 1.70 bits per heavy atom. The predicted molar refractivity (Wildman–Crippen MR) is 149 cm³/mol. The summed E-state index contributed by atoms with van der Waals surface area (Å²) in [6.45, 7) is 5.65. The minimum absolute atomic E-state index is 0. The zero-order chi connectivity index (χ0) is 28.9. The van der Waals surface area contributed by atoms with E-state index in [0.717, 1.165) is 0 Å². The van der Waals surface area contributed by atoms with Gasteiger partial charge in [0.15, 0.2) is 5.69 Å². The molecule has 0 aliphatic carbocycles. The van der Waals surface area contributed by atoms with Crippen molar-refractivity contribution in [3.8, 4) is 5.69 Å². The molecule has 0 aliphatic rings. The van der Waals surface area contributed by atoms with Crippen LogP contribution in [0.25, 0.3) is 5.69 Å². The van der Waals surface area contributed by atoms with Crippen LogP contribution in [0.4, 0.5) is 8.78 Å². The van der Waals surface area contributed by atoms with Gasteiger partial charge in [0, 0.05) is 24.8 Å². The molecule has 1 heterocycles. The average Bonchev–Trinajstić information content (AvgIpc) is 3.24. The van der Waals surface area contributed by atoms with E-state index in [1.165, 1.54) is 35.2 Å². The van der Waals surface area contributed by atoms with E-state index in [-0.39, 0.29) is 78.7 Å². The third-order valence-electron chi connectivity index (χ3n) is 6.68. The van der Waals surface area contributed by atoms with Crippen LogP contribution in [0.15, 0.2) is 42.5 Å². The summed E-state index contributed by atoms with van der Waals surface area (Å²) in [4.78, 5) is 26.0. The monoisotopic (exact) mass is 567 g/mol. The number of hydrogen-bond donors (Lipinski definition) is 3. The molecule has 0 aliphatic heterocycles. The Morgan fingerprint density at radius 1 is 1.05 bits per heavy atom. The Balaban J connectivity index is 0.00000560. The van der Waals surface area contributed by atoms with E-state index < -0.39 is 30.4 Å². The Labute approximate surface area is 254 Å². The van der Waals surface area contributed by atoms with Crippen LogP contribution in [0.2, 0.25) is 0 Å². The molecule has 0 saturated carbocycles. The van der Waals surface area contributed by atoms with Crippen molar-refractivity contribution in [2.75, 3.05) is 7.05 Å². The number of carboxylic acids is 1. The van der Waals surface area contributed by atoms with E-state index in [0.29, 0.717) is 28.1 Å². The summed E-state index contributed by atoms with van der Waals surface area (Å²) in [5, 5.41) is 33.9. The number of aliphatic hydroxyl groups excluding tert-OH is 2. The maximum atomic E-state index is 14.1. The van der Waals surface area contributed by atoms with E-state index in [1.807, 2.05) is 13.8 Å². The van der Waals surface area contributed by atoms with E-state index >= 15 is 0 Å². The summed E-state index contributed by atoms with van der Waals surface area (Å²) < 4.78 is 29.3. The Kier molecular flexibility index (Phi) is 12.5. The molecule has 1 amide bonds. The number of aromatic nitrogens is 2. The van der Waals surface area contributed by atoms with Crippen LogP contribution in [0.5, 0.6) is 0 Å². The molecular weight excluding hydrogens is 531 g/mol. The fourth-order valence-corrected chi connectivity index (χ4v) is 4.62. The van der Waals surface area contributed by atoms with Gasteiger partial charge >= 0.3 is 35.5 Å². The first-order valence-electron chi connectivity index (χ1n) is 12.8. The number of benzene rings is 2. The van der Waals surface area contributed by atoms with Gasteiger partial charge < -0.3 is 20.2 Å². The quantitative estimate of drug-likeness (QED) is 0.288. The molecule has 1 aromatic heterocycles. The number of amides is 1. The molecule has 11 heteroatoms. The van der Waals surface area contributed by atoms with E-state index in [4.69, 9.17) is 5.11 Å². The average molecular weight is 568 g/mol. The van der Waals surface area contributed by atoms with Gasteiger partial charge in [0.1, 0.15) is 11.6 Å². The molecule has 0 fully saturated rings. The van der Waals surface area contributed by atoms with Crippen LogP contribution in [0.3, 0.4) is 0 Å². The second-order valence-corrected chi connectivity index (χ2v) is 10.1. The molecule has 3 rings (SSSR count). The van der Waals surface area contributed by atoms with Crippen molar-refractivity contribution in [3.05, 3.63) is 82.2 Å². The summed E-state index contributed by atoms with van der Waals surface area (Å²) in [5.41, 5.74) is 3.14. The topological polar surface area (TPSA) is 116 Å². The minimum atomic E-state index is -1.19. The SMILES string of the molecule is Cc1c(F)cccc1CN(C)C(=O)c1nn(-c2ccc(F)cc2)c(CCC(O)CC(O)CC(=O)O)c1C(C)C.[NaH]. The van der Waals surface area contributed by atoms with Gasteiger partial charge in [-0.25, -0.2) is 13.5 Å². The van der Waals surface area contributed by atoms with Gasteiger partial charge in [-0.2, -0.15) is 5.10 Å². The summed E-state index contributed by atoms with van der Waals surface area (Å²) in [6.07, 6.45) is -2.34. The second-order valence-electron chi connectivity index (χ2n) is 10.1. The molecule has 2 aromatic carbocycles. The number of nitrogens with zero attached hydrogens (tertiary/aromatic N) is 3. The van der Waals surface area contributed by atoms with Gasteiger partial charge in [-0.05, 0) is 73.6 Å². The molecule has 0 radical (unpaired) electrons. The fourth-order valence-electron chi connectivity index (χ4n) is 4.62. The normalized spacial score (nSPS) is 12.6. The van der Waals surface area contributed by atoms with Crippen LogP contribution in [0.1, 0.15) is 71.9 Å². The first-order valence-corrected chi connectivity index (χ1v) is 12.8. The second kappa shape index (κ2) is 14.8. The van der Waals surface area contributed by atoms with Crippen molar-refractivity contribution in [2.45, 2.75) is 71.1 Å². The van der Waals surface area contributed by atoms with Crippen molar-refractivity contribution in [1.29, 1.82) is 0 Å². The van der Waals surface area contributed by atoms with Gasteiger partial charge in [0.25, 0.3) is 5.91 Å². The zero-order valence-corrected chi connectivity index (χ0v) is 22.6. The molecule has 0 saturated heterocycles. The van der Waals surface area contributed by atoms with Crippen LogP contribution in [-0.2, 0) is 17.8 Å². The van der Waals surface area contributed by atoms with Gasteiger partial charge in [0.05, 0.1) is 24.3 Å². The molecule has 3 N–H and O–H groups in total. The number of aliphatic hydroxyl groups is 2. The van der Waals surface area contributed by atoms with Crippen molar-refractivity contribution in [3.63, 3.8) is 0 Å². The zero-order valence-electron chi connectivity index (χ0n) is 22.6. The molecule has 40 heavy (non-hydrogen) atoms. The molecule has 2 atom stereocenters. The Morgan fingerprint density at radius 3 is 2.30 bits per heavy atom. The number of hydrogen-bond acceptors (Lipinski definition) is 5. The summed E-state index contributed by atoms with van der Waals surface area (Å²) in [5.74, 6) is -2.46. The number of carbonyl (C=O) groups is 2. The molecule has 8 nitrogen and oxygen atoms in total. The van der Waals surface area contributed by atoms with Crippen molar-refractivity contribution < 1.29 is 33.7 Å². The Bertz CT molecular complexity index is 1310. The molecule has 3 aromatic rings. The van der Waals surface area contributed by atoms with Crippen LogP contribution < -0.4 is 0 Å². The third-order valence-corrected chi connectivity index (χ3v) is 6.68. The number of halogens is 2. The maximum absolute atomic E-state index is 14.1. The van der Waals surface area contributed by atoms with Crippen LogP contribution >= 0.6 is 0 Å². The summed E-state index contributed by atoms with van der Waals surface area (Å²) in [7, 11) is 1.61. The van der Waals surface area contributed by atoms with Gasteiger partial charge in [-0.1, -0.05) is 26.0 Å². The molecule has 2 unspecified atom stereocenters. The first kappa shape index (κ1) is 33.6. The fraction of sp³-hybridized carbons (Fsp3) is 0.414. The standard InChI is InChI=1S/C29H35F2N3O5.Na.H/c1-17(2)27-25(13-12-22(35)14-23(36)15-26(37)38)34(21-10-8-20(30)9-11-21)32-28(27)29(39)33(4)16-19-6-5-7-24(31)18(19)3;;/h5-11,17,22-23,35-36H,12-16H2,1-4H3,(H,37,38);;. The van der Waals surface area contributed by atoms with Crippen LogP contribution in [0, 0.1) is 18.6 Å². The number of carbonyl (C=O) groups excluding carboxylic acids is 1. The van der Waals surface area contributed by atoms with Gasteiger partial charge in [0.2, 0.25) is 0 Å². The third kappa shape index (κ3) is 8.44. The van der Waals surface area contributed by atoms with E-state index in [2.05, 4.69) is 5.10 Å². The van der Waals surface area contributed by atoms with Gasteiger partial charge in [-0.3, -0.25) is 9.59 Å². The Hall–Kier alpha value is -2.63. The molecular formula is C29H36F2N3NaO5. The number of rotatable bonds is 12. The predicted octanol–water partition coefficient (Wildman–Crippen LogP) is 3.73. The van der Waals surface area contributed by atoms with Crippen molar-refractivity contribution in [1.82, 2.24) is 14.7 Å².